The highest BCUT2D eigenvalue weighted by atomic mass is 32.2. The number of rotatable bonds is 4. The van der Waals surface area contributed by atoms with E-state index in [1.807, 2.05) is 18.2 Å². The van der Waals surface area contributed by atoms with Gasteiger partial charge in [0, 0.05) is 11.6 Å². The number of nitrogens with one attached hydrogen (secondary N) is 1. The summed E-state index contributed by atoms with van der Waals surface area (Å²) in [5.74, 6) is 0. The summed E-state index contributed by atoms with van der Waals surface area (Å²) in [5, 5.41) is 0. The highest BCUT2D eigenvalue weighted by Crippen LogP contribution is 2.20. The Morgan fingerprint density at radius 1 is 1.23 bits per heavy atom. The zero-order valence-corrected chi connectivity index (χ0v) is 14.3. The van der Waals surface area contributed by atoms with Crippen LogP contribution in [-0.4, -0.2) is 19.0 Å². The summed E-state index contributed by atoms with van der Waals surface area (Å²) in [6.45, 7) is 4.16. The van der Waals surface area contributed by atoms with Crippen molar-refractivity contribution in [3.05, 3.63) is 35.9 Å². The molecule has 0 saturated heterocycles. The van der Waals surface area contributed by atoms with Crippen molar-refractivity contribution in [2.45, 2.75) is 64.0 Å². The van der Waals surface area contributed by atoms with Gasteiger partial charge in [-0.1, -0.05) is 56.5 Å². The first kappa shape index (κ1) is 19.1. The summed E-state index contributed by atoms with van der Waals surface area (Å²) in [4.78, 5) is 0. The molecule has 0 heterocycles. The molecule has 1 unspecified atom stereocenters. The molecule has 126 valence electrons. The molecule has 1 saturated carbocycles. The SMILES string of the molecule is CCC(C)(N)c1ccccc1.O=S(=O)(O)NC1CCCCC1. The Morgan fingerprint density at radius 3 is 2.23 bits per heavy atom. The Kier molecular flexibility index (Phi) is 7.48. The van der Waals surface area contributed by atoms with E-state index in [1.54, 1.807) is 0 Å². The van der Waals surface area contributed by atoms with Crippen LogP contribution in [0, 0.1) is 0 Å². The van der Waals surface area contributed by atoms with E-state index in [2.05, 4.69) is 30.7 Å². The molecule has 2 rings (SSSR count). The van der Waals surface area contributed by atoms with Gasteiger partial charge in [0.1, 0.15) is 0 Å². The van der Waals surface area contributed by atoms with E-state index >= 15 is 0 Å². The van der Waals surface area contributed by atoms with Crippen molar-refractivity contribution < 1.29 is 13.0 Å². The third-order valence-electron chi connectivity index (χ3n) is 4.09. The van der Waals surface area contributed by atoms with E-state index in [4.69, 9.17) is 10.3 Å². The van der Waals surface area contributed by atoms with Gasteiger partial charge in [-0.05, 0) is 31.7 Å². The molecule has 1 aromatic rings. The van der Waals surface area contributed by atoms with E-state index in [1.165, 1.54) is 12.0 Å². The average Bonchev–Trinajstić information content (AvgIpc) is 2.48. The molecule has 1 atom stereocenters. The molecule has 0 aromatic heterocycles. The van der Waals surface area contributed by atoms with Crippen LogP contribution in [0.2, 0.25) is 0 Å². The van der Waals surface area contributed by atoms with Crippen LogP contribution in [-0.2, 0) is 15.8 Å². The molecule has 1 aromatic carbocycles. The third kappa shape index (κ3) is 7.35. The fraction of sp³-hybridized carbons (Fsp3) is 0.625. The lowest BCUT2D eigenvalue weighted by atomic mass is 9.91. The summed E-state index contributed by atoms with van der Waals surface area (Å²) < 4.78 is 31.3. The van der Waals surface area contributed by atoms with Gasteiger partial charge in [0.2, 0.25) is 0 Å². The minimum absolute atomic E-state index is 0.0428. The summed E-state index contributed by atoms with van der Waals surface area (Å²) in [5.41, 5.74) is 7.08. The van der Waals surface area contributed by atoms with Crippen molar-refractivity contribution in [3.8, 4) is 0 Å². The Bertz CT molecular complexity index is 524. The van der Waals surface area contributed by atoms with Crippen molar-refractivity contribution >= 4 is 10.3 Å². The molecule has 1 aliphatic rings. The maximum atomic E-state index is 10.3. The molecule has 0 bridgehead atoms. The molecule has 4 N–H and O–H groups in total. The Hall–Kier alpha value is -0.950. The van der Waals surface area contributed by atoms with Crippen molar-refractivity contribution in [3.63, 3.8) is 0 Å². The average molecular weight is 328 g/mol. The first-order chi connectivity index (χ1) is 10.2. The molecule has 0 amide bonds. The van der Waals surface area contributed by atoms with Gasteiger partial charge in [0.25, 0.3) is 0 Å². The van der Waals surface area contributed by atoms with Crippen LogP contribution in [0.1, 0.15) is 57.9 Å². The zero-order valence-electron chi connectivity index (χ0n) is 13.5. The van der Waals surface area contributed by atoms with Crippen molar-refractivity contribution in [2.75, 3.05) is 0 Å². The number of hydrogen-bond acceptors (Lipinski definition) is 3. The quantitative estimate of drug-likeness (QED) is 0.741. The zero-order chi connectivity index (χ0) is 16.6. The second-order valence-corrected chi connectivity index (χ2v) is 7.25. The number of nitrogens with two attached hydrogens (primary N) is 1. The molecular formula is C16H28N2O3S. The number of hydrogen-bond donors (Lipinski definition) is 3. The van der Waals surface area contributed by atoms with E-state index in [-0.39, 0.29) is 11.6 Å². The molecule has 1 aliphatic carbocycles. The predicted molar refractivity (Wildman–Crippen MR) is 89.8 cm³/mol. The first-order valence-electron chi connectivity index (χ1n) is 7.84. The lowest BCUT2D eigenvalue weighted by molar-refractivity contribution is 0.389. The van der Waals surface area contributed by atoms with Crippen molar-refractivity contribution in [1.82, 2.24) is 4.72 Å². The van der Waals surface area contributed by atoms with Crippen LogP contribution in [0.15, 0.2) is 30.3 Å². The summed E-state index contributed by atoms with van der Waals surface area (Å²) in [6.07, 6.45) is 5.93. The van der Waals surface area contributed by atoms with Gasteiger partial charge in [-0.3, -0.25) is 4.55 Å². The first-order valence-corrected chi connectivity index (χ1v) is 9.28. The monoisotopic (exact) mass is 328 g/mol. The largest absolute Gasteiger partial charge is 0.333 e. The molecule has 5 nitrogen and oxygen atoms in total. The summed E-state index contributed by atoms with van der Waals surface area (Å²) in [7, 11) is -3.97. The topological polar surface area (TPSA) is 92.4 Å². The standard InChI is InChI=1S/C10H15N.C6H13NO3S/c1-3-10(2,11)9-7-5-4-6-8-9;8-11(9,10)7-6-4-2-1-3-5-6/h4-8H,3,11H2,1-2H3;6-7H,1-5H2,(H,8,9,10). The van der Waals surface area contributed by atoms with Gasteiger partial charge in [0.15, 0.2) is 0 Å². The lowest BCUT2D eigenvalue weighted by Crippen LogP contribution is -2.35. The molecule has 6 heteroatoms. The van der Waals surface area contributed by atoms with Gasteiger partial charge in [-0.25, -0.2) is 0 Å². The fourth-order valence-electron chi connectivity index (χ4n) is 2.45. The second kappa shape index (κ2) is 8.62. The lowest BCUT2D eigenvalue weighted by Gasteiger charge is -2.22. The van der Waals surface area contributed by atoms with Gasteiger partial charge >= 0.3 is 10.3 Å². The molecule has 1 fully saturated rings. The van der Waals surface area contributed by atoms with Crippen LogP contribution in [0.25, 0.3) is 0 Å². The van der Waals surface area contributed by atoms with E-state index < -0.39 is 10.3 Å². The van der Waals surface area contributed by atoms with E-state index in [0.717, 1.165) is 32.1 Å². The number of benzene rings is 1. The maximum Gasteiger partial charge on any atom is 0.333 e. The molecule has 22 heavy (non-hydrogen) atoms. The Balaban J connectivity index is 0.000000220. The minimum atomic E-state index is -3.97. The Morgan fingerprint density at radius 2 is 1.77 bits per heavy atom. The van der Waals surface area contributed by atoms with E-state index in [0.29, 0.717) is 0 Å². The van der Waals surface area contributed by atoms with Crippen LogP contribution in [0.5, 0.6) is 0 Å². The third-order valence-corrected chi connectivity index (χ3v) is 4.72. The molecule has 0 spiro atoms. The van der Waals surface area contributed by atoms with Gasteiger partial charge < -0.3 is 5.73 Å². The Labute approximate surface area is 134 Å². The van der Waals surface area contributed by atoms with Gasteiger partial charge in [-0.15, -0.1) is 0 Å². The highest BCUT2D eigenvalue weighted by molar-refractivity contribution is 7.83. The molecule has 0 radical (unpaired) electrons. The second-order valence-electron chi connectivity index (χ2n) is 6.06. The van der Waals surface area contributed by atoms with Gasteiger partial charge in [-0.2, -0.15) is 13.1 Å². The molecular weight excluding hydrogens is 300 g/mol. The highest BCUT2D eigenvalue weighted by Gasteiger charge is 2.17. The summed E-state index contributed by atoms with van der Waals surface area (Å²) >= 11 is 0. The van der Waals surface area contributed by atoms with E-state index in [9.17, 15) is 8.42 Å². The van der Waals surface area contributed by atoms with Crippen molar-refractivity contribution in [2.24, 2.45) is 5.73 Å². The van der Waals surface area contributed by atoms with Crippen LogP contribution in [0.4, 0.5) is 0 Å². The van der Waals surface area contributed by atoms with Crippen LogP contribution in [0.3, 0.4) is 0 Å². The minimum Gasteiger partial charge on any atom is -0.322 e. The molecule has 0 aliphatic heterocycles. The fourth-order valence-corrected chi connectivity index (χ4v) is 3.11. The van der Waals surface area contributed by atoms with Crippen LogP contribution >= 0.6 is 0 Å². The predicted octanol–water partition coefficient (Wildman–Crippen LogP) is 2.98. The summed E-state index contributed by atoms with van der Waals surface area (Å²) in [6, 6.07) is 10.2. The maximum absolute atomic E-state index is 10.3. The van der Waals surface area contributed by atoms with Gasteiger partial charge in [0.05, 0.1) is 0 Å². The smallest absolute Gasteiger partial charge is 0.322 e. The van der Waals surface area contributed by atoms with Crippen LogP contribution < -0.4 is 10.5 Å². The normalized spacial score (nSPS) is 18.9. The van der Waals surface area contributed by atoms with Crippen molar-refractivity contribution in [1.29, 1.82) is 0 Å².